The number of morpholine rings is 1. The minimum absolute atomic E-state index is 0.00279. The van der Waals surface area contributed by atoms with Crippen molar-refractivity contribution in [2.24, 2.45) is 0 Å². The zero-order valence-electron chi connectivity index (χ0n) is 13.1. The lowest BCUT2D eigenvalue weighted by Crippen LogP contribution is -2.44. The average molecular weight is 368 g/mol. The van der Waals surface area contributed by atoms with Crippen LogP contribution in [-0.2, 0) is 4.74 Å². The van der Waals surface area contributed by atoms with Crippen LogP contribution in [0.5, 0.6) is 0 Å². The van der Waals surface area contributed by atoms with Crippen molar-refractivity contribution in [2.45, 2.75) is 6.04 Å². The van der Waals surface area contributed by atoms with Gasteiger partial charge >= 0.3 is 0 Å². The number of hydrogen-bond acceptors (Lipinski definition) is 3. The minimum atomic E-state index is -0.188. The molecule has 7 heteroatoms. The van der Waals surface area contributed by atoms with Crippen LogP contribution in [0, 0.1) is 0 Å². The summed E-state index contributed by atoms with van der Waals surface area (Å²) in [5.74, 6) is -0.188. The fourth-order valence-electron chi connectivity index (χ4n) is 2.85. The van der Waals surface area contributed by atoms with Gasteiger partial charge in [0.1, 0.15) is 5.69 Å². The van der Waals surface area contributed by atoms with Crippen molar-refractivity contribution in [1.82, 2.24) is 15.2 Å². The molecule has 2 aromatic rings. The van der Waals surface area contributed by atoms with Crippen molar-refractivity contribution >= 4 is 29.1 Å². The Morgan fingerprint density at radius 1 is 1.29 bits per heavy atom. The van der Waals surface area contributed by atoms with Gasteiger partial charge in [-0.1, -0.05) is 41.4 Å². The van der Waals surface area contributed by atoms with Crippen molar-refractivity contribution < 1.29 is 9.53 Å². The molecule has 2 N–H and O–H groups in total. The van der Waals surface area contributed by atoms with E-state index in [1.165, 1.54) is 0 Å². The van der Waals surface area contributed by atoms with Crippen LogP contribution in [0.1, 0.15) is 22.1 Å². The molecule has 1 aromatic carbocycles. The van der Waals surface area contributed by atoms with Crippen LogP contribution in [0.25, 0.3) is 0 Å². The summed E-state index contributed by atoms with van der Waals surface area (Å²) in [7, 11) is 0. The Morgan fingerprint density at radius 3 is 2.71 bits per heavy atom. The van der Waals surface area contributed by atoms with Crippen molar-refractivity contribution in [3.05, 3.63) is 57.8 Å². The monoisotopic (exact) mass is 367 g/mol. The highest BCUT2D eigenvalue weighted by Crippen LogP contribution is 2.27. The molecule has 3 rings (SSSR count). The summed E-state index contributed by atoms with van der Waals surface area (Å²) in [5, 5.41) is 4.18. The van der Waals surface area contributed by atoms with Gasteiger partial charge in [0, 0.05) is 30.9 Å². The number of amides is 1. The zero-order chi connectivity index (χ0) is 16.9. The van der Waals surface area contributed by atoms with E-state index in [1.54, 1.807) is 12.3 Å². The number of benzene rings is 1. The Kier molecular flexibility index (Phi) is 5.79. The summed E-state index contributed by atoms with van der Waals surface area (Å²) in [6, 6.07) is 9.34. The van der Waals surface area contributed by atoms with E-state index in [0.717, 1.165) is 18.7 Å². The van der Waals surface area contributed by atoms with Crippen LogP contribution in [0.3, 0.4) is 0 Å². The molecule has 24 heavy (non-hydrogen) atoms. The SMILES string of the molecule is O=C(NC[C@@H](c1ccccc1Cl)N1CCOCC1)c1cc(Cl)c[nH]1. The Morgan fingerprint density at radius 2 is 2.04 bits per heavy atom. The summed E-state index contributed by atoms with van der Waals surface area (Å²) in [6.07, 6.45) is 1.59. The molecular weight excluding hydrogens is 349 g/mol. The first-order chi connectivity index (χ1) is 11.6. The van der Waals surface area contributed by atoms with E-state index in [2.05, 4.69) is 15.2 Å². The van der Waals surface area contributed by atoms with Crippen molar-refractivity contribution in [1.29, 1.82) is 0 Å². The maximum absolute atomic E-state index is 12.3. The predicted molar refractivity (Wildman–Crippen MR) is 94.7 cm³/mol. The largest absolute Gasteiger partial charge is 0.379 e. The molecule has 0 bridgehead atoms. The van der Waals surface area contributed by atoms with Crippen molar-refractivity contribution in [3.8, 4) is 0 Å². The van der Waals surface area contributed by atoms with Crippen LogP contribution < -0.4 is 5.32 Å². The molecule has 128 valence electrons. The molecule has 0 aliphatic carbocycles. The number of carbonyl (C=O) groups is 1. The standard InChI is InChI=1S/C17H19Cl2N3O2/c18-12-9-15(20-10-12)17(23)21-11-16(22-5-7-24-8-6-22)13-3-1-2-4-14(13)19/h1-4,9-10,16,20H,5-8,11H2,(H,21,23)/t16-/m0/s1. The van der Waals surface area contributed by atoms with Gasteiger partial charge in [0.25, 0.3) is 5.91 Å². The molecule has 1 fully saturated rings. The first kappa shape index (κ1) is 17.3. The molecule has 0 unspecified atom stereocenters. The molecule has 5 nitrogen and oxygen atoms in total. The molecule has 1 aromatic heterocycles. The number of carbonyl (C=O) groups excluding carboxylic acids is 1. The van der Waals surface area contributed by atoms with E-state index >= 15 is 0 Å². The predicted octanol–water partition coefficient (Wildman–Crippen LogP) is 3.12. The molecule has 1 aliphatic heterocycles. The quantitative estimate of drug-likeness (QED) is 0.853. The van der Waals surface area contributed by atoms with E-state index in [4.69, 9.17) is 27.9 Å². The van der Waals surface area contributed by atoms with Gasteiger partial charge in [0.05, 0.1) is 24.3 Å². The summed E-state index contributed by atoms with van der Waals surface area (Å²) in [6.45, 7) is 3.43. The highest BCUT2D eigenvalue weighted by Gasteiger charge is 2.25. The lowest BCUT2D eigenvalue weighted by Gasteiger charge is -2.35. The molecule has 1 amide bonds. The van der Waals surface area contributed by atoms with Gasteiger partial charge in [-0.3, -0.25) is 9.69 Å². The summed E-state index contributed by atoms with van der Waals surface area (Å²) in [5.41, 5.74) is 1.45. The molecule has 0 spiro atoms. The smallest absolute Gasteiger partial charge is 0.267 e. The first-order valence-corrected chi connectivity index (χ1v) is 8.59. The lowest BCUT2D eigenvalue weighted by atomic mass is 10.0. The lowest BCUT2D eigenvalue weighted by molar-refractivity contribution is 0.0162. The third kappa shape index (κ3) is 4.11. The highest BCUT2D eigenvalue weighted by molar-refractivity contribution is 6.31. The maximum Gasteiger partial charge on any atom is 0.267 e. The van der Waals surface area contributed by atoms with E-state index in [1.807, 2.05) is 24.3 Å². The summed E-state index contributed by atoms with van der Waals surface area (Å²) >= 11 is 12.2. The van der Waals surface area contributed by atoms with Crippen LogP contribution in [0.2, 0.25) is 10.0 Å². The Balaban J connectivity index is 1.74. The van der Waals surface area contributed by atoms with Gasteiger partial charge < -0.3 is 15.0 Å². The first-order valence-electron chi connectivity index (χ1n) is 7.83. The second-order valence-corrected chi connectivity index (χ2v) is 6.47. The van der Waals surface area contributed by atoms with E-state index < -0.39 is 0 Å². The van der Waals surface area contributed by atoms with Gasteiger partial charge in [-0.15, -0.1) is 0 Å². The number of hydrogen-bond donors (Lipinski definition) is 2. The van der Waals surface area contributed by atoms with Gasteiger partial charge in [-0.25, -0.2) is 0 Å². The number of halogens is 2. The summed E-state index contributed by atoms with van der Waals surface area (Å²) < 4.78 is 5.43. The van der Waals surface area contributed by atoms with Crippen molar-refractivity contribution in [3.63, 3.8) is 0 Å². The van der Waals surface area contributed by atoms with Gasteiger partial charge in [-0.05, 0) is 17.7 Å². The average Bonchev–Trinajstić information content (AvgIpc) is 3.04. The third-order valence-electron chi connectivity index (χ3n) is 4.10. The van der Waals surface area contributed by atoms with Gasteiger partial charge in [-0.2, -0.15) is 0 Å². The molecule has 0 saturated carbocycles. The molecule has 2 heterocycles. The Labute approximate surface area is 150 Å². The molecule has 1 aliphatic rings. The second-order valence-electron chi connectivity index (χ2n) is 5.63. The number of rotatable bonds is 5. The molecule has 0 radical (unpaired) electrons. The third-order valence-corrected chi connectivity index (χ3v) is 4.66. The topological polar surface area (TPSA) is 57.4 Å². The summed E-state index contributed by atoms with van der Waals surface area (Å²) in [4.78, 5) is 17.4. The van der Waals surface area contributed by atoms with Crippen LogP contribution >= 0.6 is 23.2 Å². The number of nitrogens with one attached hydrogen (secondary N) is 2. The zero-order valence-corrected chi connectivity index (χ0v) is 14.6. The maximum atomic E-state index is 12.3. The fraction of sp³-hybridized carbons (Fsp3) is 0.353. The van der Waals surface area contributed by atoms with E-state index in [9.17, 15) is 4.79 Å². The number of H-pyrrole nitrogens is 1. The number of nitrogens with zero attached hydrogens (tertiary/aromatic N) is 1. The van der Waals surface area contributed by atoms with Gasteiger partial charge in [0.15, 0.2) is 0 Å². The Bertz CT molecular complexity index is 699. The molecule has 1 saturated heterocycles. The second kappa shape index (κ2) is 8.03. The number of aromatic amines is 1. The van der Waals surface area contributed by atoms with E-state index in [-0.39, 0.29) is 11.9 Å². The minimum Gasteiger partial charge on any atom is -0.379 e. The molecular formula is C17H19Cl2N3O2. The number of ether oxygens (including phenoxy) is 1. The van der Waals surface area contributed by atoms with Crippen LogP contribution in [0.4, 0.5) is 0 Å². The van der Waals surface area contributed by atoms with Crippen molar-refractivity contribution in [2.75, 3.05) is 32.8 Å². The number of aromatic nitrogens is 1. The molecule has 1 atom stereocenters. The normalized spacial score (nSPS) is 16.8. The fourth-order valence-corrected chi connectivity index (χ4v) is 3.28. The van der Waals surface area contributed by atoms with E-state index in [0.29, 0.717) is 35.5 Å². The highest BCUT2D eigenvalue weighted by atomic mass is 35.5. The van der Waals surface area contributed by atoms with Crippen LogP contribution in [-0.4, -0.2) is 48.6 Å². The van der Waals surface area contributed by atoms with Crippen LogP contribution in [0.15, 0.2) is 36.5 Å². The Hall–Kier alpha value is -1.53. The van der Waals surface area contributed by atoms with Gasteiger partial charge in [0.2, 0.25) is 0 Å².